The molecule has 6 heteroatoms. The lowest BCUT2D eigenvalue weighted by molar-refractivity contribution is 0.483. The van der Waals surface area contributed by atoms with E-state index in [-0.39, 0.29) is 0 Å². The van der Waals surface area contributed by atoms with E-state index in [0.29, 0.717) is 6.67 Å². The SMILES string of the molecule is CN1CN(c2cccc(Oc3cccc(N4CN(c5c(-c6ccccc6)cccc5-c5ccccc5)c5c4ccc4ccccc54)c3)c2)c2ncccc21. The van der Waals surface area contributed by atoms with Crippen molar-refractivity contribution < 1.29 is 4.74 Å². The zero-order valence-corrected chi connectivity index (χ0v) is 29.9. The fraction of sp³-hybridized carbons (Fsp3) is 0.0625. The molecule has 0 atom stereocenters. The van der Waals surface area contributed by atoms with Crippen molar-refractivity contribution in [1.29, 1.82) is 0 Å². The highest BCUT2D eigenvalue weighted by Crippen LogP contribution is 2.53. The van der Waals surface area contributed by atoms with Gasteiger partial charge in [0.1, 0.15) is 18.2 Å². The van der Waals surface area contributed by atoms with Gasteiger partial charge in [-0.2, -0.15) is 0 Å². The molecule has 6 nitrogen and oxygen atoms in total. The number of pyridine rings is 1. The van der Waals surface area contributed by atoms with E-state index in [1.807, 2.05) is 30.5 Å². The van der Waals surface area contributed by atoms with Crippen molar-refractivity contribution in [3.8, 4) is 33.8 Å². The average molecular weight is 700 g/mol. The predicted molar refractivity (Wildman–Crippen MR) is 223 cm³/mol. The molecule has 0 bridgehead atoms. The van der Waals surface area contributed by atoms with Gasteiger partial charge in [-0.15, -0.1) is 0 Å². The summed E-state index contributed by atoms with van der Waals surface area (Å²) in [5, 5.41) is 2.42. The molecule has 0 saturated carbocycles. The largest absolute Gasteiger partial charge is 0.457 e. The summed E-state index contributed by atoms with van der Waals surface area (Å²) in [4.78, 5) is 14.0. The van der Waals surface area contributed by atoms with Crippen LogP contribution in [0.25, 0.3) is 33.0 Å². The first-order valence-corrected chi connectivity index (χ1v) is 18.3. The summed E-state index contributed by atoms with van der Waals surface area (Å²) in [6.07, 6.45) is 1.85. The minimum atomic E-state index is 0.626. The second kappa shape index (κ2) is 13.2. The normalized spacial score (nSPS) is 13.4. The topological polar surface area (TPSA) is 35.1 Å². The minimum absolute atomic E-state index is 0.626. The van der Waals surface area contributed by atoms with E-state index in [1.54, 1.807) is 0 Å². The zero-order valence-electron chi connectivity index (χ0n) is 29.9. The maximum atomic E-state index is 6.62. The smallest absolute Gasteiger partial charge is 0.158 e. The number of para-hydroxylation sites is 1. The molecular formula is C48H37N5O. The number of rotatable bonds is 7. The molecule has 0 saturated heterocycles. The fourth-order valence-corrected chi connectivity index (χ4v) is 7.99. The Labute approximate surface area is 315 Å². The third-order valence-corrected chi connectivity index (χ3v) is 10.5. The molecular weight excluding hydrogens is 663 g/mol. The number of ether oxygens (including phenoxy) is 1. The van der Waals surface area contributed by atoms with Gasteiger partial charge in [0.05, 0.1) is 29.4 Å². The summed E-state index contributed by atoms with van der Waals surface area (Å²) in [6.45, 7) is 1.35. The van der Waals surface area contributed by atoms with Crippen molar-refractivity contribution in [3.63, 3.8) is 0 Å². The van der Waals surface area contributed by atoms with Crippen LogP contribution in [0.1, 0.15) is 0 Å². The molecule has 0 radical (unpaired) electrons. The molecule has 8 aromatic rings. The molecule has 2 aliphatic rings. The summed E-state index contributed by atoms with van der Waals surface area (Å²) >= 11 is 0. The molecule has 0 spiro atoms. The highest BCUT2D eigenvalue weighted by atomic mass is 16.5. The number of fused-ring (bicyclic) bond motifs is 4. The summed E-state index contributed by atoms with van der Waals surface area (Å²) < 4.78 is 6.62. The Bertz CT molecular complexity index is 2590. The maximum absolute atomic E-state index is 6.62. The Morgan fingerprint density at radius 3 is 1.81 bits per heavy atom. The van der Waals surface area contributed by atoms with Crippen LogP contribution in [0.3, 0.4) is 0 Å². The van der Waals surface area contributed by atoms with E-state index in [1.165, 1.54) is 44.4 Å². The van der Waals surface area contributed by atoms with E-state index < -0.39 is 0 Å². The summed E-state index contributed by atoms with van der Waals surface area (Å²) in [5.41, 5.74) is 11.5. The molecule has 0 fully saturated rings. The number of benzene rings is 7. The maximum Gasteiger partial charge on any atom is 0.158 e. The number of hydrogen-bond acceptors (Lipinski definition) is 6. The molecule has 7 aromatic carbocycles. The van der Waals surface area contributed by atoms with Gasteiger partial charge < -0.3 is 24.3 Å². The standard InChI is InChI=1S/C48H37N5O/c1-50-32-52(48-45(50)26-13-29-49-48)38-20-11-22-40(31-38)54-39-21-10-19-37(30-39)51-33-53(47-43-23-9-8-18-36(43)27-28-44(47)51)46-41(34-14-4-2-5-15-34)24-12-25-42(46)35-16-6-3-7-17-35/h2-31H,32-33H2,1H3. The summed E-state index contributed by atoms with van der Waals surface area (Å²) in [5.74, 6) is 2.50. The average Bonchev–Trinajstić information content (AvgIpc) is 3.80. The highest BCUT2D eigenvalue weighted by molar-refractivity contribution is 6.09. The van der Waals surface area contributed by atoms with Gasteiger partial charge in [0.2, 0.25) is 0 Å². The van der Waals surface area contributed by atoms with Gasteiger partial charge >= 0.3 is 0 Å². The third kappa shape index (κ3) is 5.47. The van der Waals surface area contributed by atoms with Crippen LogP contribution in [0, 0.1) is 0 Å². The van der Waals surface area contributed by atoms with Gasteiger partial charge in [0.15, 0.2) is 5.82 Å². The highest BCUT2D eigenvalue weighted by Gasteiger charge is 2.33. The van der Waals surface area contributed by atoms with Crippen molar-refractivity contribution in [2.24, 2.45) is 0 Å². The number of nitrogens with zero attached hydrogens (tertiary/aromatic N) is 5. The molecule has 10 rings (SSSR count). The Morgan fingerprint density at radius 2 is 1.11 bits per heavy atom. The molecule has 1 aromatic heterocycles. The van der Waals surface area contributed by atoms with E-state index in [9.17, 15) is 0 Å². The lowest BCUT2D eigenvalue weighted by Gasteiger charge is -2.27. The second-order valence-corrected chi connectivity index (χ2v) is 13.8. The van der Waals surface area contributed by atoms with Crippen LogP contribution in [-0.2, 0) is 0 Å². The van der Waals surface area contributed by atoms with Crippen molar-refractivity contribution in [2.45, 2.75) is 0 Å². The number of anilines is 7. The molecule has 260 valence electrons. The van der Waals surface area contributed by atoms with Crippen LogP contribution in [0.2, 0.25) is 0 Å². The first kappa shape index (κ1) is 31.7. The zero-order chi connectivity index (χ0) is 36.0. The minimum Gasteiger partial charge on any atom is -0.457 e. The number of aromatic nitrogens is 1. The van der Waals surface area contributed by atoms with Crippen molar-refractivity contribution in [1.82, 2.24) is 4.98 Å². The van der Waals surface area contributed by atoms with E-state index in [4.69, 9.17) is 4.74 Å². The van der Waals surface area contributed by atoms with E-state index in [0.717, 1.165) is 46.7 Å². The first-order chi connectivity index (χ1) is 26.7. The van der Waals surface area contributed by atoms with E-state index in [2.05, 4.69) is 183 Å². The quantitative estimate of drug-likeness (QED) is 0.165. The van der Waals surface area contributed by atoms with Crippen LogP contribution >= 0.6 is 0 Å². The van der Waals surface area contributed by atoms with Gasteiger partial charge in [0.25, 0.3) is 0 Å². The Morgan fingerprint density at radius 1 is 0.481 bits per heavy atom. The monoisotopic (exact) mass is 699 g/mol. The van der Waals surface area contributed by atoms with Crippen LogP contribution < -0.4 is 24.3 Å². The van der Waals surface area contributed by atoms with E-state index >= 15 is 0 Å². The lowest BCUT2D eigenvalue weighted by Crippen LogP contribution is -2.25. The van der Waals surface area contributed by atoms with Crippen LogP contribution in [0.4, 0.5) is 39.9 Å². The molecule has 0 aliphatic carbocycles. The Balaban J connectivity index is 1.06. The third-order valence-electron chi connectivity index (χ3n) is 10.5. The van der Waals surface area contributed by atoms with Crippen molar-refractivity contribution in [3.05, 3.63) is 182 Å². The van der Waals surface area contributed by atoms with Crippen molar-refractivity contribution >= 4 is 50.7 Å². The van der Waals surface area contributed by atoms with Gasteiger partial charge in [0, 0.05) is 53.3 Å². The van der Waals surface area contributed by atoms with Gasteiger partial charge in [-0.25, -0.2) is 4.98 Å². The van der Waals surface area contributed by atoms with Gasteiger partial charge in [-0.1, -0.05) is 121 Å². The molecule has 3 heterocycles. The molecule has 2 aliphatic heterocycles. The first-order valence-electron chi connectivity index (χ1n) is 18.3. The fourth-order valence-electron chi connectivity index (χ4n) is 7.99. The van der Waals surface area contributed by atoms with Crippen LogP contribution in [-0.4, -0.2) is 25.4 Å². The second-order valence-electron chi connectivity index (χ2n) is 13.8. The lowest BCUT2D eigenvalue weighted by atomic mass is 9.94. The summed E-state index contributed by atoms with van der Waals surface area (Å²) in [6, 6.07) is 62.2. The Kier molecular flexibility index (Phi) is 7.73. The molecule has 0 unspecified atom stereocenters. The number of hydrogen-bond donors (Lipinski definition) is 0. The van der Waals surface area contributed by atoms with Crippen LogP contribution in [0.15, 0.2) is 182 Å². The predicted octanol–water partition coefficient (Wildman–Crippen LogP) is 12.2. The van der Waals surface area contributed by atoms with Gasteiger partial charge in [-0.05, 0) is 59.0 Å². The van der Waals surface area contributed by atoms with Crippen LogP contribution in [0.5, 0.6) is 11.5 Å². The summed E-state index contributed by atoms with van der Waals surface area (Å²) in [7, 11) is 2.09. The molecule has 0 N–H and O–H groups in total. The molecule has 54 heavy (non-hydrogen) atoms. The van der Waals surface area contributed by atoms with Crippen molar-refractivity contribution in [2.75, 3.05) is 40.0 Å². The Hall–Kier alpha value is -7.05. The van der Waals surface area contributed by atoms with Gasteiger partial charge in [-0.3, -0.25) is 0 Å². The molecule has 0 amide bonds.